The number of likely N-dealkylation sites (tertiary alicyclic amines) is 1. The molecule has 2 amide bonds. The monoisotopic (exact) mass is 340 g/mol. The molecule has 0 saturated carbocycles. The molecule has 0 spiro atoms. The van der Waals surface area contributed by atoms with Gasteiger partial charge in [0.1, 0.15) is 5.75 Å². The number of hydrogen-bond acceptors (Lipinski definition) is 3. The van der Waals surface area contributed by atoms with Crippen LogP contribution in [0.1, 0.15) is 13.3 Å². The third-order valence-electron chi connectivity index (χ3n) is 3.19. The highest BCUT2D eigenvalue weighted by molar-refractivity contribution is 9.10. The van der Waals surface area contributed by atoms with Crippen molar-refractivity contribution >= 4 is 27.7 Å². The van der Waals surface area contributed by atoms with Crippen LogP contribution < -0.4 is 10.1 Å². The van der Waals surface area contributed by atoms with E-state index < -0.39 is 0 Å². The first-order chi connectivity index (χ1) is 9.56. The normalized spacial score (nSPS) is 17.9. The van der Waals surface area contributed by atoms with Crippen LogP contribution in [0.3, 0.4) is 0 Å². The minimum atomic E-state index is -0.170. The van der Waals surface area contributed by atoms with Crippen molar-refractivity contribution in [2.75, 3.05) is 19.7 Å². The molecule has 1 aliphatic rings. The number of nitrogens with one attached hydrogen (secondary N) is 1. The standard InChI is InChI=1S/C14H17BrN2O3/c1-10(18)17-7-6-11(8-17)16-14(19)9-20-13-5-3-2-4-12(13)15/h2-5,11H,6-9H2,1H3,(H,16,19)/t11-/m1/s1. The zero-order valence-corrected chi connectivity index (χ0v) is 12.9. The Balaban J connectivity index is 1.77. The maximum atomic E-state index is 11.8. The van der Waals surface area contributed by atoms with Crippen LogP contribution in [0, 0.1) is 0 Å². The first kappa shape index (κ1) is 14.8. The highest BCUT2D eigenvalue weighted by atomic mass is 79.9. The topological polar surface area (TPSA) is 58.6 Å². The fourth-order valence-corrected chi connectivity index (χ4v) is 2.54. The number of nitrogens with zero attached hydrogens (tertiary/aromatic N) is 1. The summed E-state index contributed by atoms with van der Waals surface area (Å²) >= 11 is 3.36. The lowest BCUT2D eigenvalue weighted by molar-refractivity contribution is -0.128. The van der Waals surface area contributed by atoms with Crippen LogP contribution in [0.25, 0.3) is 0 Å². The number of rotatable bonds is 4. The summed E-state index contributed by atoms with van der Waals surface area (Å²) in [6.07, 6.45) is 0.792. The molecule has 0 radical (unpaired) electrons. The van der Waals surface area contributed by atoms with E-state index in [1.54, 1.807) is 17.9 Å². The molecule has 1 atom stereocenters. The van der Waals surface area contributed by atoms with Gasteiger partial charge in [0.2, 0.25) is 5.91 Å². The first-order valence-electron chi connectivity index (χ1n) is 6.48. The Morgan fingerprint density at radius 1 is 1.45 bits per heavy atom. The van der Waals surface area contributed by atoms with Crippen molar-refractivity contribution in [3.8, 4) is 5.75 Å². The summed E-state index contributed by atoms with van der Waals surface area (Å²) in [5.74, 6) is 0.516. The maximum Gasteiger partial charge on any atom is 0.258 e. The minimum absolute atomic E-state index is 0.0224. The molecule has 0 unspecified atom stereocenters. The van der Waals surface area contributed by atoms with E-state index in [-0.39, 0.29) is 24.5 Å². The molecule has 2 rings (SSSR count). The fraction of sp³-hybridized carbons (Fsp3) is 0.429. The Labute approximate surface area is 126 Å². The maximum absolute atomic E-state index is 11.8. The van der Waals surface area contributed by atoms with Crippen LogP contribution in [0.4, 0.5) is 0 Å². The van der Waals surface area contributed by atoms with Crippen molar-refractivity contribution in [2.24, 2.45) is 0 Å². The van der Waals surface area contributed by atoms with Gasteiger partial charge >= 0.3 is 0 Å². The van der Waals surface area contributed by atoms with E-state index in [4.69, 9.17) is 4.74 Å². The predicted molar refractivity (Wildman–Crippen MR) is 78.4 cm³/mol. The van der Waals surface area contributed by atoms with Crippen LogP contribution >= 0.6 is 15.9 Å². The van der Waals surface area contributed by atoms with Gasteiger partial charge in [-0.1, -0.05) is 12.1 Å². The van der Waals surface area contributed by atoms with Gasteiger partial charge in [-0.05, 0) is 34.5 Å². The van der Waals surface area contributed by atoms with Crippen molar-refractivity contribution in [2.45, 2.75) is 19.4 Å². The Kier molecular flexibility index (Phi) is 5.00. The fourth-order valence-electron chi connectivity index (χ4n) is 2.14. The third kappa shape index (κ3) is 3.96. The predicted octanol–water partition coefficient (Wildman–Crippen LogP) is 1.56. The Bertz CT molecular complexity index is 507. The quantitative estimate of drug-likeness (QED) is 0.904. The molecule has 0 aliphatic carbocycles. The molecule has 1 saturated heterocycles. The second-order valence-electron chi connectivity index (χ2n) is 4.74. The molecule has 1 aromatic carbocycles. The number of ether oxygens (including phenoxy) is 1. The summed E-state index contributed by atoms with van der Waals surface area (Å²) in [5.41, 5.74) is 0. The van der Waals surface area contributed by atoms with Crippen molar-refractivity contribution in [3.63, 3.8) is 0 Å². The first-order valence-corrected chi connectivity index (χ1v) is 7.28. The van der Waals surface area contributed by atoms with Crippen LogP contribution in [-0.4, -0.2) is 42.5 Å². The zero-order chi connectivity index (χ0) is 14.5. The van der Waals surface area contributed by atoms with Crippen LogP contribution in [-0.2, 0) is 9.59 Å². The molecule has 20 heavy (non-hydrogen) atoms. The van der Waals surface area contributed by atoms with Gasteiger partial charge in [0.15, 0.2) is 6.61 Å². The average Bonchev–Trinajstić information content (AvgIpc) is 2.86. The van der Waals surface area contributed by atoms with Gasteiger partial charge in [0.25, 0.3) is 5.91 Å². The number of amides is 2. The van der Waals surface area contributed by atoms with Crippen molar-refractivity contribution in [3.05, 3.63) is 28.7 Å². The number of hydrogen-bond donors (Lipinski definition) is 1. The van der Waals surface area contributed by atoms with Crippen LogP contribution in [0.2, 0.25) is 0 Å². The minimum Gasteiger partial charge on any atom is -0.483 e. The van der Waals surface area contributed by atoms with E-state index in [1.165, 1.54) is 0 Å². The van der Waals surface area contributed by atoms with Crippen molar-refractivity contribution in [1.82, 2.24) is 10.2 Å². The van der Waals surface area contributed by atoms with E-state index >= 15 is 0 Å². The van der Waals surface area contributed by atoms with Gasteiger partial charge in [-0.25, -0.2) is 0 Å². The molecule has 5 nitrogen and oxygen atoms in total. The summed E-state index contributed by atoms with van der Waals surface area (Å²) in [6.45, 7) is 2.79. The summed E-state index contributed by atoms with van der Waals surface area (Å²) in [4.78, 5) is 24.7. The number of para-hydroxylation sites is 1. The molecular weight excluding hydrogens is 324 g/mol. The molecule has 1 heterocycles. The summed E-state index contributed by atoms with van der Waals surface area (Å²) in [7, 11) is 0. The smallest absolute Gasteiger partial charge is 0.258 e. The van der Waals surface area contributed by atoms with E-state index in [2.05, 4.69) is 21.2 Å². The molecule has 0 aromatic heterocycles. The molecule has 1 N–H and O–H groups in total. The molecular formula is C14H17BrN2O3. The zero-order valence-electron chi connectivity index (χ0n) is 11.3. The van der Waals surface area contributed by atoms with E-state index in [9.17, 15) is 9.59 Å². The molecule has 1 fully saturated rings. The van der Waals surface area contributed by atoms with E-state index in [0.717, 1.165) is 10.9 Å². The number of benzene rings is 1. The van der Waals surface area contributed by atoms with E-state index in [0.29, 0.717) is 18.8 Å². The molecule has 6 heteroatoms. The van der Waals surface area contributed by atoms with Gasteiger partial charge in [-0.2, -0.15) is 0 Å². The van der Waals surface area contributed by atoms with Gasteiger partial charge in [0, 0.05) is 26.1 Å². The average molecular weight is 341 g/mol. The van der Waals surface area contributed by atoms with Gasteiger partial charge in [-0.3, -0.25) is 9.59 Å². The Morgan fingerprint density at radius 2 is 2.20 bits per heavy atom. The lowest BCUT2D eigenvalue weighted by atomic mass is 10.2. The van der Waals surface area contributed by atoms with E-state index in [1.807, 2.05) is 18.2 Å². The SMILES string of the molecule is CC(=O)N1CC[C@@H](NC(=O)COc2ccccc2Br)C1. The van der Waals surface area contributed by atoms with Crippen molar-refractivity contribution in [1.29, 1.82) is 0 Å². The summed E-state index contributed by atoms with van der Waals surface area (Å²) in [6, 6.07) is 7.40. The summed E-state index contributed by atoms with van der Waals surface area (Å²) < 4.78 is 6.26. The second-order valence-corrected chi connectivity index (χ2v) is 5.59. The molecule has 0 bridgehead atoms. The largest absolute Gasteiger partial charge is 0.483 e. The number of carbonyl (C=O) groups excluding carboxylic acids is 2. The van der Waals surface area contributed by atoms with Crippen molar-refractivity contribution < 1.29 is 14.3 Å². The number of carbonyl (C=O) groups is 2. The Hall–Kier alpha value is -1.56. The van der Waals surface area contributed by atoms with Crippen LogP contribution in [0.5, 0.6) is 5.75 Å². The lowest BCUT2D eigenvalue weighted by Crippen LogP contribution is -2.40. The highest BCUT2D eigenvalue weighted by Gasteiger charge is 2.25. The van der Waals surface area contributed by atoms with Gasteiger partial charge < -0.3 is 15.0 Å². The molecule has 1 aliphatic heterocycles. The van der Waals surface area contributed by atoms with Gasteiger partial charge in [-0.15, -0.1) is 0 Å². The molecule has 1 aromatic rings. The van der Waals surface area contributed by atoms with Gasteiger partial charge in [0.05, 0.1) is 4.47 Å². The Morgan fingerprint density at radius 3 is 2.85 bits per heavy atom. The molecule has 108 valence electrons. The summed E-state index contributed by atoms with van der Waals surface area (Å²) in [5, 5.41) is 2.88. The third-order valence-corrected chi connectivity index (χ3v) is 3.85. The second kappa shape index (κ2) is 6.74. The van der Waals surface area contributed by atoms with Crippen LogP contribution in [0.15, 0.2) is 28.7 Å². The number of halogens is 1. The highest BCUT2D eigenvalue weighted by Crippen LogP contribution is 2.23. The lowest BCUT2D eigenvalue weighted by Gasteiger charge is -2.15.